The van der Waals surface area contributed by atoms with E-state index in [-0.39, 0.29) is 11.4 Å². The largest absolute Gasteiger partial charge is 0.478 e. The first-order chi connectivity index (χ1) is 8.56. The van der Waals surface area contributed by atoms with Crippen LogP contribution in [0.3, 0.4) is 0 Å². The maximum Gasteiger partial charge on any atom is 0.335 e. The van der Waals surface area contributed by atoms with E-state index in [1.165, 1.54) is 12.1 Å². The number of pyridine rings is 1. The zero-order valence-electron chi connectivity index (χ0n) is 8.93. The van der Waals surface area contributed by atoms with Gasteiger partial charge in [-0.15, -0.1) is 0 Å². The van der Waals surface area contributed by atoms with Crippen LogP contribution in [0.2, 0.25) is 5.02 Å². The monoisotopic (exact) mass is 327 g/mol. The predicted molar refractivity (Wildman–Crippen MR) is 70.4 cm³/mol. The van der Waals surface area contributed by atoms with E-state index in [0.717, 1.165) is 4.47 Å². The number of carboxylic acid groups (broad SMARTS) is 1. The van der Waals surface area contributed by atoms with Gasteiger partial charge in [0, 0.05) is 10.7 Å². The number of halogens is 2. The first-order valence-corrected chi connectivity index (χ1v) is 6.05. The van der Waals surface area contributed by atoms with Crippen molar-refractivity contribution in [3.8, 4) is 11.6 Å². The number of hydrogen-bond donors (Lipinski definition) is 1. The molecule has 1 aromatic heterocycles. The Bertz CT molecular complexity index is 604. The van der Waals surface area contributed by atoms with Gasteiger partial charge < -0.3 is 9.84 Å². The minimum Gasteiger partial charge on any atom is -0.478 e. The molecule has 0 saturated heterocycles. The highest BCUT2D eigenvalue weighted by Crippen LogP contribution is 2.29. The van der Waals surface area contributed by atoms with Gasteiger partial charge in [-0.2, -0.15) is 0 Å². The number of benzene rings is 1. The summed E-state index contributed by atoms with van der Waals surface area (Å²) < 4.78 is 6.16. The number of carboxylic acids is 1. The van der Waals surface area contributed by atoms with Crippen molar-refractivity contribution in [2.24, 2.45) is 0 Å². The number of nitrogens with zero attached hydrogens (tertiary/aromatic N) is 1. The summed E-state index contributed by atoms with van der Waals surface area (Å²) in [6.07, 6.45) is 1.54. The van der Waals surface area contributed by atoms with E-state index in [2.05, 4.69) is 20.9 Å². The molecule has 0 fully saturated rings. The summed E-state index contributed by atoms with van der Waals surface area (Å²) in [4.78, 5) is 14.8. The minimum atomic E-state index is -1.02. The first-order valence-electron chi connectivity index (χ1n) is 4.88. The van der Waals surface area contributed by atoms with E-state index in [4.69, 9.17) is 21.4 Å². The van der Waals surface area contributed by atoms with Crippen LogP contribution in [0.15, 0.2) is 41.0 Å². The van der Waals surface area contributed by atoms with E-state index in [9.17, 15) is 4.79 Å². The molecule has 0 saturated carbocycles. The zero-order chi connectivity index (χ0) is 13.1. The summed E-state index contributed by atoms with van der Waals surface area (Å²) in [5, 5.41) is 9.20. The lowest BCUT2D eigenvalue weighted by Crippen LogP contribution is -1.96. The summed E-state index contributed by atoms with van der Waals surface area (Å²) in [5.74, 6) is -0.427. The van der Waals surface area contributed by atoms with Crippen LogP contribution in [0.5, 0.6) is 11.6 Å². The molecule has 2 aromatic rings. The Morgan fingerprint density at radius 2 is 2.17 bits per heavy atom. The van der Waals surface area contributed by atoms with Crippen LogP contribution in [-0.4, -0.2) is 16.1 Å². The molecule has 0 atom stereocenters. The van der Waals surface area contributed by atoms with E-state index in [0.29, 0.717) is 10.8 Å². The summed E-state index contributed by atoms with van der Waals surface area (Å²) >= 11 is 9.18. The Labute approximate surface area is 116 Å². The topological polar surface area (TPSA) is 59.4 Å². The first kappa shape index (κ1) is 12.9. The molecule has 1 heterocycles. The molecule has 0 bridgehead atoms. The quantitative estimate of drug-likeness (QED) is 0.925. The van der Waals surface area contributed by atoms with Crippen molar-refractivity contribution in [3.63, 3.8) is 0 Å². The lowest BCUT2D eigenvalue weighted by atomic mass is 10.2. The summed E-state index contributed by atoms with van der Waals surface area (Å²) in [6.45, 7) is 0. The third-order valence-electron chi connectivity index (χ3n) is 2.07. The second-order valence-corrected chi connectivity index (χ2v) is 4.70. The molecule has 4 nitrogen and oxygen atoms in total. The van der Waals surface area contributed by atoms with E-state index >= 15 is 0 Å². The van der Waals surface area contributed by atoms with Gasteiger partial charge in [0.1, 0.15) is 10.8 Å². The number of aromatic carboxylic acids is 1. The Balaban J connectivity index is 2.28. The average Bonchev–Trinajstić information content (AvgIpc) is 2.33. The standard InChI is InChI=1S/C12H7BrClNO3/c13-8-5-10(14)11(15-6-8)18-9-3-1-2-7(4-9)12(16)17/h1-6H,(H,16,17). The maximum atomic E-state index is 10.8. The van der Waals surface area contributed by atoms with Crippen molar-refractivity contribution in [1.29, 1.82) is 0 Å². The van der Waals surface area contributed by atoms with Crippen molar-refractivity contribution >= 4 is 33.5 Å². The van der Waals surface area contributed by atoms with E-state index in [1.807, 2.05) is 0 Å². The van der Waals surface area contributed by atoms with Crippen LogP contribution >= 0.6 is 27.5 Å². The molecule has 0 aliphatic rings. The van der Waals surface area contributed by atoms with Gasteiger partial charge in [-0.05, 0) is 40.2 Å². The third-order valence-corrected chi connectivity index (χ3v) is 2.77. The second-order valence-electron chi connectivity index (χ2n) is 3.38. The molecular weight excluding hydrogens is 321 g/mol. The minimum absolute atomic E-state index is 0.140. The maximum absolute atomic E-state index is 10.8. The van der Waals surface area contributed by atoms with Crippen LogP contribution in [0, 0.1) is 0 Å². The number of rotatable bonds is 3. The fraction of sp³-hybridized carbons (Fsp3) is 0. The molecule has 1 aromatic carbocycles. The van der Waals surface area contributed by atoms with Crippen molar-refractivity contribution in [2.45, 2.75) is 0 Å². The molecule has 6 heteroatoms. The normalized spacial score (nSPS) is 10.1. The lowest BCUT2D eigenvalue weighted by molar-refractivity contribution is 0.0696. The molecule has 18 heavy (non-hydrogen) atoms. The van der Waals surface area contributed by atoms with Crippen molar-refractivity contribution in [1.82, 2.24) is 4.98 Å². The number of hydrogen-bond acceptors (Lipinski definition) is 3. The van der Waals surface area contributed by atoms with Crippen molar-refractivity contribution in [2.75, 3.05) is 0 Å². The molecule has 0 amide bonds. The van der Waals surface area contributed by atoms with Gasteiger partial charge in [-0.1, -0.05) is 17.7 Å². The number of carbonyl (C=O) groups is 1. The molecule has 0 aliphatic heterocycles. The van der Waals surface area contributed by atoms with Gasteiger partial charge in [0.2, 0.25) is 5.88 Å². The second kappa shape index (κ2) is 5.37. The highest BCUT2D eigenvalue weighted by molar-refractivity contribution is 9.10. The van der Waals surface area contributed by atoms with Crippen LogP contribution < -0.4 is 4.74 Å². The van der Waals surface area contributed by atoms with Crippen LogP contribution in [0.4, 0.5) is 0 Å². The van der Waals surface area contributed by atoms with Gasteiger partial charge in [-0.3, -0.25) is 0 Å². The van der Waals surface area contributed by atoms with Gasteiger partial charge >= 0.3 is 5.97 Å². The van der Waals surface area contributed by atoms with Gasteiger partial charge in [-0.25, -0.2) is 9.78 Å². The van der Waals surface area contributed by atoms with Crippen LogP contribution in [-0.2, 0) is 0 Å². The molecule has 0 unspecified atom stereocenters. The van der Waals surface area contributed by atoms with Crippen molar-refractivity contribution < 1.29 is 14.6 Å². The highest BCUT2D eigenvalue weighted by atomic mass is 79.9. The van der Waals surface area contributed by atoms with Crippen LogP contribution in [0.1, 0.15) is 10.4 Å². The number of aromatic nitrogens is 1. The SMILES string of the molecule is O=C(O)c1cccc(Oc2ncc(Br)cc2Cl)c1. The van der Waals surface area contributed by atoms with E-state index < -0.39 is 5.97 Å². The summed E-state index contributed by atoms with van der Waals surface area (Å²) in [6, 6.07) is 7.75. The molecule has 0 spiro atoms. The molecule has 2 rings (SSSR count). The van der Waals surface area contributed by atoms with Gasteiger partial charge in [0.25, 0.3) is 0 Å². The Morgan fingerprint density at radius 3 is 2.83 bits per heavy atom. The Kier molecular flexibility index (Phi) is 3.84. The fourth-order valence-corrected chi connectivity index (χ4v) is 1.95. The van der Waals surface area contributed by atoms with Gasteiger partial charge in [0.05, 0.1) is 5.56 Å². The highest BCUT2D eigenvalue weighted by Gasteiger charge is 2.08. The fourth-order valence-electron chi connectivity index (χ4n) is 1.28. The van der Waals surface area contributed by atoms with E-state index in [1.54, 1.807) is 24.4 Å². The molecule has 0 aliphatic carbocycles. The average molecular weight is 329 g/mol. The summed E-state index contributed by atoms with van der Waals surface area (Å²) in [5.41, 5.74) is 0.140. The molecule has 0 radical (unpaired) electrons. The molecule has 92 valence electrons. The molecule has 1 N–H and O–H groups in total. The smallest absolute Gasteiger partial charge is 0.335 e. The molecular formula is C12H7BrClNO3. The zero-order valence-corrected chi connectivity index (χ0v) is 11.3. The van der Waals surface area contributed by atoms with Gasteiger partial charge in [0.15, 0.2) is 0 Å². The number of ether oxygens (including phenoxy) is 1. The lowest BCUT2D eigenvalue weighted by Gasteiger charge is -2.07. The Morgan fingerprint density at radius 1 is 1.39 bits per heavy atom. The van der Waals surface area contributed by atoms with Crippen molar-refractivity contribution in [3.05, 3.63) is 51.6 Å². The predicted octanol–water partition coefficient (Wildman–Crippen LogP) is 3.99. The Hall–Kier alpha value is -1.59. The third kappa shape index (κ3) is 3.00. The summed E-state index contributed by atoms with van der Waals surface area (Å²) in [7, 11) is 0. The van der Waals surface area contributed by atoms with Crippen LogP contribution in [0.25, 0.3) is 0 Å².